The van der Waals surface area contributed by atoms with Crippen molar-refractivity contribution in [1.82, 2.24) is 5.16 Å². The number of amides is 1. The third-order valence-electron chi connectivity index (χ3n) is 2.50. The van der Waals surface area contributed by atoms with Crippen LogP contribution >= 0.6 is 11.8 Å². The summed E-state index contributed by atoms with van der Waals surface area (Å²) in [6.45, 7) is 2.53. The fraction of sp³-hybridized carbons (Fsp3) is 0.357. The van der Waals surface area contributed by atoms with Gasteiger partial charge >= 0.3 is 5.97 Å². The quantitative estimate of drug-likeness (QED) is 0.388. The molecule has 0 aliphatic rings. The van der Waals surface area contributed by atoms with Gasteiger partial charge in [-0.1, -0.05) is 5.16 Å². The topological polar surface area (TPSA) is 148 Å². The van der Waals surface area contributed by atoms with Crippen LogP contribution in [0.25, 0.3) is 0 Å². The van der Waals surface area contributed by atoms with Crippen LogP contribution in [0.15, 0.2) is 21.9 Å². The molecule has 0 bridgehead atoms. The van der Waals surface area contributed by atoms with Crippen molar-refractivity contribution in [2.45, 2.75) is 13.8 Å². The first-order valence-corrected chi connectivity index (χ1v) is 7.85. The second-order valence-electron chi connectivity index (χ2n) is 4.62. The monoisotopic (exact) mass is 352 g/mol. The van der Waals surface area contributed by atoms with Crippen molar-refractivity contribution in [3.63, 3.8) is 0 Å². The number of nitrogens with two attached hydrogens (primary N) is 1. The number of nitrogens with zero attached hydrogens (tertiary/aromatic N) is 2. The highest BCUT2D eigenvalue weighted by Crippen LogP contribution is 2.08. The predicted molar refractivity (Wildman–Crippen MR) is 85.7 cm³/mol. The minimum atomic E-state index is -0.676. The number of rotatable bonds is 8. The van der Waals surface area contributed by atoms with Gasteiger partial charge in [0.05, 0.1) is 11.5 Å². The molecule has 0 aliphatic carbocycles. The van der Waals surface area contributed by atoms with E-state index in [4.69, 9.17) is 20.3 Å². The van der Waals surface area contributed by atoms with Gasteiger partial charge in [0.25, 0.3) is 0 Å². The number of anilines is 1. The van der Waals surface area contributed by atoms with E-state index in [1.165, 1.54) is 6.92 Å². The van der Waals surface area contributed by atoms with E-state index >= 15 is 0 Å². The van der Waals surface area contributed by atoms with Crippen molar-refractivity contribution in [3.8, 4) is 6.07 Å². The number of ether oxygens (including phenoxy) is 1. The third-order valence-corrected chi connectivity index (χ3v) is 3.40. The Hall–Kier alpha value is -2.80. The molecule has 128 valence electrons. The zero-order valence-corrected chi connectivity index (χ0v) is 13.9. The van der Waals surface area contributed by atoms with Crippen LogP contribution in [0.4, 0.5) is 5.82 Å². The van der Waals surface area contributed by atoms with Gasteiger partial charge in [-0.2, -0.15) is 5.26 Å². The van der Waals surface area contributed by atoms with Gasteiger partial charge in [-0.3, -0.25) is 14.4 Å². The van der Waals surface area contributed by atoms with Crippen LogP contribution in [0.3, 0.4) is 0 Å². The van der Waals surface area contributed by atoms with E-state index in [9.17, 15) is 14.4 Å². The number of nitriles is 1. The number of esters is 1. The van der Waals surface area contributed by atoms with Gasteiger partial charge < -0.3 is 20.3 Å². The Labute approximate surface area is 142 Å². The zero-order chi connectivity index (χ0) is 18.1. The number of carbonyl (C=O) groups is 3. The van der Waals surface area contributed by atoms with E-state index < -0.39 is 18.4 Å². The second kappa shape index (κ2) is 9.36. The number of allylic oxidation sites excluding steroid dienone is 1. The van der Waals surface area contributed by atoms with Crippen molar-refractivity contribution in [2.24, 2.45) is 5.73 Å². The highest BCUT2D eigenvalue weighted by molar-refractivity contribution is 8.00. The maximum Gasteiger partial charge on any atom is 0.316 e. The largest absolute Gasteiger partial charge is 0.457 e. The molecule has 0 saturated carbocycles. The van der Waals surface area contributed by atoms with E-state index in [2.05, 4.69) is 10.5 Å². The van der Waals surface area contributed by atoms with Crippen LogP contribution in [0, 0.1) is 18.3 Å². The molecule has 1 aromatic heterocycles. The van der Waals surface area contributed by atoms with Crippen molar-refractivity contribution >= 4 is 35.2 Å². The maximum atomic E-state index is 11.6. The summed E-state index contributed by atoms with van der Waals surface area (Å²) >= 11 is 1.01. The summed E-state index contributed by atoms with van der Waals surface area (Å²) in [6, 6.07) is 3.21. The second-order valence-corrected chi connectivity index (χ2v) is 5.60. The minimum Gasteiger partial charge on any atom is -0.457 e. The SMILES string of the molecule is C/C(N)=C(\C#N)C(=O)COC(=O)CSCC(=O)Nc1cc(C)on1. The van der Waals surface area contributed by atoms with Gasteiger partial charge in [0, 0.05) is 11.8 Å². The van der Waals surface area contributed by atoms with E-state index in [-0.39, 0.29) is 28.7 Å². The molecule has 1 rings (SSSR count). The summed E-state index contributed by atoms with van der Waals surface area (Å²) in [4.78, 5) is 34.7. The van der Waals surface area contributed by atoms with Gasteiger partial charge in [-0.15, -0.1) is 11.8 Å². The van der Waals surface area contributed by atoms with Crippen molar-refractivity contribution in [1.29, 1.82) is 5.26 Å². The minimum absolute atomic E-state index is 0.000209. The van der Waals surface area contributed by atoms with Crippen molar-refractivity contribution in [3.05, 3.63) is 23.1 Å². The number of hydrogen-bond acceptors (Lipinski definition) is 9. The summed E-state index contributed by atoms with van der Waals surface area (Å²) in [6.07, 6.45) is 0. The van der Waals surface area contributed by atoms with Crippen LogP contribution in [0.5, 0.6) is 0 Å². The fourth-order valence-corrected chi connectivity index (χ4v) is 2.07. The van der Waals surface area contributed by atoms with Crippen molar-refractivity contribution < 1.29 is 23.6 Å². The number of thioether (sulfide) groups is 1. The van der Waals surface area contributed by atoms with Crippen LogP contribution in [0.2, 0.25) is 0 Å². The molecular weight excluding hydrogens is 336 g/mol. The first kappa shape index (κ1) is 19.2. The highest BCUT2D eigenvalue weighted by atomic mass is 32.2. The zero-order valence-electron chi connectivity index (χ0n) is 13.1. The number of carbonyl (C=O) groups excluding carboxylic acids is 3. The number of aryl methyl sites for hydroxylation is 1. The normalized spacial score (nSPS) is 11.2. The Morgan fingerprint density at radius 2 is 2.17 bits per heavy atom. The lowest BCUT2D eigenvalue weighted by molar-refractivity contribution is -0.144. The smallest absolute Gasteiger partial charge is 0.316 e. The molecule has 1 aromatic rings. The molecule has 0 radical (unpaired) electrons. The number of aromatic nitrogens is 1. The average molecular weight is 352 g/mol. The van der Waals surface area contributed by atoms with Crippen LogP contribution in [0.1, 0.15) is 12.7 Å². The third kappa shape index (κ3) is 6.53. The lowest BCUT2D eigenvalue weighted by Crippen LogP contribution is -2.20. The number of hydrogen-bond donors (Lipinski definition) is 2. The Morgan fingerprint density at radius 1 is 1.46 bits per heavy atom. The summed E-state index contributed by atoms with van der Waals surface area (Å²) in [5.41, 5.74) is 5.19. The Balaban J connectivity index is 2.27. The van der Waals surface area contributed by atoms with E-state index in [1.54, 1.807) is 19.1 Å². The van der Waals surface area contributed by atoms with Gasteiger partial charge in [0.1, 0.15) is 17.4 Å². The van der Waals surface area contributed by atoms with Gasteiger partial charge in [0.15, 0.2) is 12.4 Å². The fourth-order valence-electron chi connectivity index (χ4n) is 1.46. The van der Waals surface area contributed by atoms with Crippen molar-refractivity contribution in [2.75, 3.05) is 23.4 Å². The average Bonchev–Trinajstić information content (AvgIpc) is 2.90. The molecule has 0 aromatic carbocycles. The van der Waals surface area contributed by atoms with Gasteiger partial charge in [-0.25, -0.2) is 0 Å². The lowest BCUT2D eigenvalue weighted by atomic mass is 10.1. The molecule has 3 N–H and O–H groups in total. The van der Waals surface area contributed by atoms with Gasteiger partial charge in [-0.05, 0) is 13.8 Å². The molecule has 0 unspecified atom stereocenters. The molecule has 0 spiro atoms. The maximum absolute atomic E-state index is 11.6. The Bertz CT molecular complexity index is 700. The number of nitrogens with one attached hydrogen (secondary N) is 1. The van der Waals surface area contributed by atoms with E-state index in [1.807, 2.05) is 0 Å². The molecule has 24 heavy (non-hydrogen) atoms. The van der Waals surface area contributed by atoms with Crippen LogP contribution < -0.4 is 11.1 Å². The summed E-state index contributed by atoms with van der Waals surface area (Å²) < 4.78 is 9.53. The standard InChI is InChI=1S/C14H16N4O5S/c1-8-3-12(18-23-8)17-13(20)6-24-7-14(21)22-5-11(19)10(4-15)9(2)16/h3H,5-7,16H2,1-2H3,(H,17,18,20)/b10-9-. The number of ketones is 1. The summed E-state index contributed by atoms with van der Waals surface area (Å²) in [5, 5.41) is 14.8. The molecule has 9 nitrogen and oxygen atoms in total. The first-order valence-electron chi connectivity index (χ1n) is 6.69. The molecule has 10 heteroatoms. The Kier molecular flexibility index (Phi) is 7.51. The predicted octanol–water partition coefficient (Wildman–Crippen LogP) is 0.523. The summed E-state index contributed by atoms with van der Waals surface area (Å²) in [5.74, 6) is -0.971. The molecular formula is C14H16N4O5S. The Morgan fingerprint density at radius 3 is 2.71 bits per heavy atom. The van der Waals surface area contributed by atoms with E-state index in [0.717, 1.165) is 11.8 Å². The van der Waals surface area contributed by atoms with Crippen LogP contribution in [-0.2, 0) is 19.1 Å². The summed E-state index contributed by atoms with van der Waals surface area (Å²) in [7, 11) is 0. The molecule has 0 aliphatic heterocycles. The molecule has 1 heterocycles. The number of Topliss-reactive ketones (excluding diaryl/α,β-unsaturated/α-hetero) is 1. The molecule has 1 amide bonds. The van der Waals surface area contributed by atoms with E-state index in [0.29, 0.717) is 11.6 Å². The molecule has 0 atom stereocenters. The molecule has 0 fully saturated rings. The van der Waals surface area contributed by atoms with Crippen LogP contribution in [-0.4, -0.2) is 40.9 Å². The first-order chi connectivity index (χ1) is 11.3. The molecule has 0 saturated heterocycles. The van der Waals surface area contributed by atoms with Gasteiger partial charge in [0.2, 0.25) is 11.7 Å². The lowest BCUT2D eigenvalue weighted by Gasteiger charge is -2.04. The highest BCUT2D eigenvalue weighted by Gasteiger charge is 2.15.